The zero-order valence-corrected chi connectivity index (χ0v) is 12.0. The van der Waals surface area contributed by atoms with Crippen LogP contribution in [0.2, 0.25) is 0 Å². The molecule has 2 rings (SSSR count). The van der Waals surface area contributed by atoms with Gasteiger partial charge in [0.15, 0.2) is 5.82 Å². The standard InChI is InChI=1S/C13H13N5O5/c1-2-23-13(20)9-10(14)16-17-11(9)15-12(19)7-3-5-8(6-4-7)18(21)22/h3-6H,2H2,1H3,(H4,14,15,16,17,19). The van der Waals surface area contributed by atoms with Crippen molar-refractivity contribution in [2.75, 3.05) is 17.7 Å². The molecule has 0 unspecified atom stereocenters. The molecule has 1 aromatic carbocycles. The molecule has 1 aromatic heterocycles. The number of non-ortho nitro benzene ring substituents is 1. The smallest absolute Gasteiger partial charge is 0.345 e. The lowest BCUT2D eigenvalue weighted by Gasteiger charge is -2.05. The molecule has 0 aliphatic heterocycles. The van der Waals surface area contributed by atoms with E-state index in [2.05, 4.69) is 15.5 Å². The molecule has 2 aromatic rings. The van der Waals surface area contributed by atoms with Gasteiger partial charge in [-0.05, 0) is 19.1 Å². The van der Waals surface area contributed by atoms with Crippen molar-refractivity contribution in [2.24, 2.45) is 0 Å². The Bertz CT molecular complexity index is 753. The summed E-state index contributed by atoms with van der Waals surface area (Å²) in [5, 5.41) is 19.1. The average Bonchev–Trinajstić information content (AvgIpc) is 2.88. The topological polar surface area (TPSA) is 153 Å². The molecule has 0 aliphatic rings. The molecule has 4 N–H and O–H groups in total. The number of esters is 1. The van der Waals surface area contributed by atoms with Gasteiger partial charge >= 0.3 is 5.97 Å². The maximum absolute atomic E-state index is 12.1. The highest BCUT2D eigenvalue weighted by Crippen LogP contribution is 2.21. The second-order valence-electron chi connectivity index (χ2n) is 4.34. The number of benzene rings is 1. The van der Waals surface area contributed by atoms with Crippen molar-refractivity contribution in [3.63, 3.8) is 0 Å². The second-order valence-corrected chi connectivity index (χ2v) is 4.34. The van der Waals surface area contributed by atoms with Crippen LogP contribution in [0, 0.1) is 10.1 Å². The highest BCUT2D eigenvalue weighted by atomic mass is 16.6. The maximum Gasteiger partial charge on any atom is 0.345 e. The molecule has 1 heterocycles. The van der Waals surface area contributed by atoms with Crippen LogP contribution in [0.25, 0.3) is 0 Å². The van der Waals surface area contributed by atoms with Gasteiger partial charge in [0.1, 0.15) is 11.4 Å². The predicted octanol–water partition coefficient (Wildman–Crippen LogP) is 1.33. The molecule has 0 aliphatic carbocycles. The molecule has 1 amide bonds. The summed E-state index contributed by atoms with van der Waals surface area (Å²) in [4.78, 5) is 33.9. The fourth-order valence-corrected chi connectivity index (χ4v) is 1.77. The van der Waals surface area contributed by atoms with Gasteiger partial charge < -0.3 is 15.8 Å². The number of ether oxygens (including phenoxy) is 1. The summed E-state index contributed by atoms with van der Waals surface area (Å²) in [5.74, 6) is -1.44. The van der Waals surface area contributed by atoms with Gasteiger partial charge in [0, 0.05) is 17.7 Å². The van der Waals surface area contributed by atoms with Crippen LogP contribution < -0.4 is 11.1 Å². The van der Waals surface area contributed by atoms with E-state index in [1.807, 2.05) is 0 Å². The van der Waals surface area contributed by atoms with E-state index in [9.17, 15) is 19.7 Å². The summed E-state index contributed by atoms with van der Waals surface area (Å²) >= 11 is 0. The van der Waals surface area contributed by atoms with Gasteiger partial charge in [0.2, 0.25) is 0 Å². The lowest BCUT2D eigenvalue weighted by atomic mass is 10.2. The summed E-state index contributed by atoms with van der Waals surface area (Å²) in [6.07, 6.45) is 0. The molecular formula is C13H13N5O5. The number of nitrogens with two attached hydrogens (primary N) is 1. The molecule has 23 heavy (non-hydrogen) atoms. The summed E-state index contributed by atoms with van der Waals surface area (Å²) in [6, 6.07) is 4.96. The minimum Gasteiger partial charge on any atom is -0.462 e. The lowest BCUT2D eigenvalue weighted by molar-refractivity contribution is -0.384. The van der Waals surface area contributed by atoms with Crippen LogP contribution >= 0.6 is 0 Å². The van der Waals surface area contributed by atoms with Crippen molar-refractivity contribution >= 4 is 29.2 Å². The first kappa shape index (κ1) is 15.9. The normalized spacial score (nSPS) is 10.1. The quantitative estimate of drug-likeness (QED) is 0.426. The third-order valence-electron chi connectivity index (χ3n) is 2.85. The van der Waals surface area contributed by atoms with E-state index in [4.69, 9.17) is 10.5 Å². The van der Waals surface area contributed by atoms with E-state index in [0.717, 1.165) is 0 Å². The Morgan fingerprint density at radius 3 is 2.61 bits per heavy atom. The summed E-state index contributed by atoms with van der Waals surface area (Å²) in [6.45, 7) is 1.77. The van der Waals surface area contributed by atoms with Crippen molar-refractivity contribution in [1.29, 1.82) is 0 Å². The first-order valence-electron chi connectivity index (χ1n) is 6.50. The van der Waals surface area contributed by atoms with Crippen molar-refractivity contribution in [1.82, 2.24) is 10.2 Å². The van der Waals surface area contributed by atoms with Gasteiger partial charge in [-0.15, -0.1) is 0 Å². The largest absolute Gasteiger partial charge is 0.462 e. The minimum atomic E-state index is -0.724. The van der Waals surface area contributed by atoms with Crippen LogP contribution in [-0.4, -0.2) is 33.6 Å². The molecular weight excluding hydrogens is 306 g/mol. The fraction of sp³-hybridized carbons (Fsp3) is 0.154. The summed E-state index contributed by atoms with van der Waals surface area (Å²) in [7, 11) is 0. The predicted molar refractivity (Wildman–Crippen MR) is 80.0 cm³/mol. The molecule has 0 saturated carbocycles. The molecule has 10 nitrogen and oxygen atoms in total. The molecule has 120 valence electrons. The van der Waals surface area contributed by atoms with E-state index in [1.54, 1.807) is 6.92 Å². The lowest BCUT2D eigenvalue weighted by Crippen LogP contribution is -2.16. The number of carbonyl (C=O) groups is 2. The zero-order chi connectivity index (χ0) is 17.0. The number of carbonyl (C=O) groups excluding carboxylic acids is 2. The highest BCUT2D eigenvalue weighted by Gasteiger charge is 2.22. The third-order valence-corrected chi connectivity index (χ3v) is 2.85. The third kappa shape index (κ3) is 3.43. The van der Waals surface area contributed by atoms with Crippen molar-refractivity contribution in [3.8, 4) is 0 Å². The number of anilines is 2. The Balaban J connectivity index is 2.20. The number of hydrogen-bond donors (Lipinski definition) is 3. The number of nitrogens with zero attached hydrogens (tertiary/aromatic N) is 2. The Kier molecular flexibility index (Phi) is 4.55. The Morgan fingerprint density at radius 2 is 2.04 bits per heavy atom. The Hall–Kier alpha value is -3.43. The number of rotatable bonds is 5. The number of nitro benzene ring substituents is 1. The summed E-state index contributed by atoms with van der Waals surface area (Å²) in [5.41, 5.74) is 5.53. The Labute approximate surface area is 129 Å². The average molecular weight is 319 g/mol. The molecule has 10 heteroatoms. The van der Waals surface area contributed by atoms with Gasteiger partial charge in [-0.1, -0.05) is 0 Å². The molecule has 0 spiro atoms. The van der Waals surface area contributed by atoms with E-state index in [0.29, 0.717) is 0 Å². The molecule has 0 atom stereocenters. The monoisotopic (exact) mass is 319 g/mol. The van der Waals surface area contributed by atoms with Crippen LogP contribution in [0.3, 0.4) is 0 Å². The van der Waals surface area contributed by atoms with E-state index in [-0.39, 0.29) is 35.1 Å². The molecule has 0 radical (unpaired) electrons. The minimum absolute atomic E-state index is 0.0394. The van der Waals surface area contributed by atoms with Gasteiger partial charge in [-0.25, -0.2) is 4.79 Å². The molecule has 0 saturated heterocycles. The first-order chi connectivity index (χ1) is 10.9. The summed E-state index contributed by atoms with van der Waals surface area (Å²) < 4.78 is 4.83. The number of nitrogen functional groups attached to an aromatic ring is 1. The van der Waals surface area contributed by atoms with Gasteiger partial charge in [0.05, 0.1) is 11.5 Å². The SMILES string of the molecule is CCOC(=O)c1c(NC(=O)c2ccc([N+](=O)[O-])cc2)n[nH]c1N. The van der Waals surface area contributed by atoms with E-state index in [1.165, 1.54) is 24.3 Å². The first-order valence-corrected chi connectivity index (χ1v) is 6.50. The van der Waals surface area contributed by atoms with Gasteiger partial charge in [0.25, 0.3) is 11.6 Å². The van der Waals surface area contributed by atoms with Crippen molar-refractivity contribution in [2.45, 2.75) is 6.92 Å². The van der Waals surface area contributed by atoms with Crippen LogP contribution in [0.15, 0.2) is 24.3 Å². The number of aromatic amines is 1. The van der Waals surface area contributed by atoms with Crippen LogP contribution in [-0.2, 0) is 4.74 Å². The van der Waals surface area contributed by atoms with Crippen molar-refractivity contribution in [3.05, 3.63) is 45.5 Å². The second kappa shape index (κ2) is 6.56. The molecule has 0 fully saturated rings. The number of amides is 1. The van der Waals surface area contributed by atoms with Crippen molar-refractivity contribution < 1.29 is 19.2 Å². The van der Waals surface area contributed by atoms with Gasteiger partial charge in [-0.3, -0.25) is 20.0 Å². The fourth-order valence-electron chi connectivity index (χ4n) is 1.77. The van der Waals surface area contributed by atoms with Crippen LogP contribution in [0.4, 0.5) is 17.3 Å². The highest BCUT2D eigenvalue weighted by molar-refractivity contribution is 6.08. The number of nitrogens with one attached hydrogen (secondary N) is 2. The van der Waals surface area contributed by atoms with Crippen LogP contribution in [0.5, 0.6) is 0 Å². The zero-order valence-electron chi connectivity index (χ0n) is 12.0. The van der Waals surface area contributed by atoms with Crippen LogP contribution in [0.1, 0.15) is 27.6 Å². The number of aromatic nitrogens is 2. The van der Waals surface area contributed by atoms with E-state index < -0.39 is 16.8 Å². The van der Waals surface area contributed by atoms with E-state index >= 15 is 0 Å². The maximum atomic E-state index is 12.1. The molecule has 0 bridgehead atoms. The number of nitro groups is 1. The number of H-pyrrole nitrogens is 1. The van der Waals surface area contributed by atoms with Gasteiger partial charge in [-0.2, -0.15) is 5.10 Å². The number of hydrogen-bond acceptors (Lipinski definition) is 7. The Morgan fingerprint density at radius 1 is 1.39 bits per heavy atom.